The molecule has 0 heterocycles. The zero-order chi connectivity index (χ0) is 19.1. The van der Waals surface area contributed by atoms with Crippen molar-refractivity contribution < 1.29 is 14.6 Å². The lowest BCUT2D eigenvalue weighted by atomic mass is 9.93. The minimum atomic E-state index is -0.668. The number of non-ortho nitro benzene ring substituents is 1. The second kappa shape index (κ2) is 9.04. The topological polar surface area (TPSA) is 120 Å². The first-order valence-corrected chi connectivity index (χ1v) is 8.40. The van der Waals surface area contributed by atoms with Gasteiger partial charge in [-0.15, -0.1) is 0 Å². The maximum absolute atomic E-state index is 11.2. The predicted molar refractivity (Wildman–Crippen MR) is 98.4 cm³/mol. The van der Waals surface area contributed by atoms with Gasteiger partial charge in [0.05, 0.1) is 27.7 Å². The van der Waals surface area contributed by atoms with E-state index in [1.165, 1.54) is 12.1 Å². The Kier molecular flexibility index (Phi) is 6.79. The summed E-state index contributed by atoms with van der Waals surface area (Å²) >= 11 is 0. The molecular weight excluding hydrogens is 340 g/mol. The van der Waals surface area contributed by atoms with E-state index in [2.05, 4.69) is 16.6 Å². The number of allylic oxidation sites excluding steroid dienone is 2. The highest BCUT2D eigenvalue weighted by Gasteiger charge is 2.20. The van der Waals surface area contributed by atoms with Crippen LogP contribution in [0.1, 0.15) is 39.0 Å². The van der Waals surface area contributed by atoms with Gasteiger partial charge in [-0.3, -0.25) is 25.7 Å². The summed E-state index contributed by atoms with van der Waals surface area (Å²) in [5, 5.41) is 26.4. The summed E-state index contributed by atoms with van der Waals surface area (Å²) < 4.78 is 5.31. The zero-order valence-corrected chi connectivity index (χ0v) is 14.8. The molecule has 0 spiro atoms. The predicted octanol–water partition coefficient (Wildman–Crippen LogP) is 4.20. The van der Waals surface area contributed by atoms with Gasteiger partial charge in [0, 0.05) is 19.6 Å². The van der Waals surface area contributed by atoms with Crippen LogP contribution in [0.5, 0.6) is 0 Å². The highest BCUT2D eigenvalue weighted by molar-refractivity contribution is 6.01. The number of hydrogen-bond donors (Lipinski definition) is 1. The van der Waals surface area contributed by atoms with Crippen molar-refractivity contribution in [2.24, 2.45) is 5.10 Å². The molecule has 1 aliphatic carbocycles. The van der Waals surface area contributed by atoms with Gasteiger partial charge in [0.1, 0.15) is 5.69 Å². The number of hydrogen-bond acceptors (Lipinski definition) is 7. The number of ether oxygens (including phenoxy) is 1. The summed E-state index contributed by atoms with van der Waals surface area (Å²) in [6, 6.07) is 3.43. The largest absolute Gasteiger partial charge is 0.381 e. The van der Waals surface area contributed by atoms with Crippen LogP contribution in [0.3, 0.4) is 0 Å². The Morgan fingerprint density at radius 2 is 2.08 bits per heavy atom. The Labute approximate surface area is 151 Å². The molecule has 0 bridgehead atoms. The molecule has 0 fully saturated rings. The molecule has 1 atom stereocenters. The molecule has 0 aliphatic heterocycles. The normalized spacial score (nSPS) is 15.9. The summed E-state index contributed by atoms with van der Waals surface area (Å²) in [5.74, 6) is 0. The molecule has 26 heavy (non-hydrogen) atoms. The van der Waals surface area contributed by atoms with Crippen LogP contribution < -0.4 is 5.43 Å². The molecule has 0 radical (unpaired) electrons. The maximum Gasteiger partial charge on any atom is 0.301 e. The molecular formula is C17H22N4O5. The van der Waals surface area contributed by atoms with E-state index in [9.17, 15) is 20.2 Å². The molecule has 0 saturated heterocycles. The molecule has 2 rings (SSSR count). The highest BCUT2D eigenvalue weighted by Crippen LogP contribution is 2.29. The molecule has 1 unspecified atom stereocenters. The first-order chi connectivity index (χ1) is 12.4. The third-order valence-electron chi connectivity index (χ3n) is 4.24. The van der Waals surface area contributed by atoms with Crippen molar-refractivity contribution in [2.45, 2.75) is 45.1 Å². The van der Waals surface area contributed by atoms with Crippen molar-refractivity contribution >= 4 is 22.8 Å². The number of rotatable bonds is 8. The van der Waals surface area contributed by atoms with Gasteiger partial charge < -0.3 is 4.74 Å². The van der Waals surface area contributed by atoms with Gasteiger partial charge in [0.25, 0.3) is 5.69 Å². The summed E-state index contributed by atoms with van der Waals surface area (Å²) in [5.41, 5.74) is 3.99. The average molecular weight is 362 g/mol. The van der Waals surface area contributed by atoms with Crippen LogP contribution in [0, 0.1) is 20.2 Å². The van der Waals surface area contributed by atoms with Gasteiger partial charge in [-0.05, 0) is 44.2 Å². The van der Waals surface area contributed by atoms with E-state index < -0.39 is 9.85 Å². The summed E-state index contributed by atoms with van der Waals surface area (Å²) in [6.07, 6.45) is 6.74. The number of nitrogens with one attached hydrogen (secondary N) is 1. The Hall–Kier alpha value is -2.81. The molecule has 140 valence electrons. The Morgan fingerprint density at radius 1 is 1.31 bits per heavy atom. The molecule has 9 heteroatoms. The fourth-order valence-electron chi connectivity index (χ4n) is 2.71. The summed E-state index contributed by atoms with van der Waals surface area (Å²) in [4.78, 5) is 20.7. The van der Waals surface area contributed by atoms with Crippen LogP contribution in [-0.4, -0.2) is 28.8 Å². The molecule has 1 aromatic rings. The molecule has 0 amide bonds. The monoisotopic (exact) mass is 362 g/mol. The van der Waals surface area contributed by atoms with Gasteiger partial charge in [-0.25, -0.2) is 0 Å². The average Bonchev–Trinajstić information content (AvgIpc) is 2.65. The molecule has 1 aliphatic rings. The number of anilines is 1. The fraction of sp³-hybridized carbons (Fsp3) is 0.471. The molecule has 1 N–H and O–H groups in total. The number of nitro benzene ring substituents is 2. The SMILES string of the molecule is COC(C)C/C(=N\Nc1ccc([N+](=O)[O-])cc1[N+](=O)[O-])C1=CCCCC1. The second-order valence-electron chi connectivity index (χ2n) is 6.11. The Morgan fingerprint density at radius 3 is 2.65 bits per heavy atom. The smallest absolute Gasteiger partial charge is 0.301 e. The quantitative estimate of drug-likeness (QED) is 0.420. The third-order valence-corrected chi connectivity index (χ3v) is 4.24. The van der Waals surface area contributed by atoms with E-state index in [0.29, 0.717) is 6.42 Å². The number of methoxy groups -OCH3 is 1. The Bertz CT molecular complexity index is 745. The van der Waals surface area contributed by atoms with E-state index in [1.54, 1.807) is 7.11 Å². The number of nitro groups is 2. The van der Waals surface area contributed by atoms with E-state index in [4.69, 9.17) is 4.74 Å². The summed E-state index contributed by atoms with van der Waals surface area (Å²) in [7, 11) is 1.62. The highest BCUT2D eigenvalue weighted by atomic mass is 16.6. The van der Waals surface area contributed by atoms with Gasteiger partial charge in [0.15, 0.2) is 0 Å². The van der Waals surface area contributed by atoms with Crippen LogP contribution >= 0.6 is 0 Å². The van der Waals surface area contributed by atoms with Crippen molar-refractivity contribution in [1.29, 1.82) is 0 Å². The van der Waals surface area contributed by atoms with Gasteiger partial charge >= 0.3 is 5.69 Å². The molecule has 0 saturated carbocycles. The third kappa shape index (κ3) is 5.09. The van der Waals surface area contributed by atoms with Crippen LogP contribution in [0.2, 0.25) is 0 Å². The lowest BCUT2D eigenvalue weighted by molar-refractivity contribution is -0.393. The van der Waals surface area contributed by atoms with Crippen LogP contribution in [0.4, 0.5) is 17.1 Å². The number of hydrazone groups is 1. The van der Waals surface area contributed by atoms with E-state index in [-0.39, 0.29) is 23.2 Å². The molecule has 9 nitrogen and oxygen atoms in total. The fourth-order valence-corrected chi connectivity index (χ4v) is 2.71. The van der Waals surface area contributed by atoms with Gasteiger partial charge in [0.2, 0.25) is 0 Å². The van der Waals surface area contributed by atoms with E-state index in [0.717, 1.165) is 43.0 Å². The minimum Gasteiger partial charge on any atom is -0.381 e. The maximum atomic E-state index is 11.2. The van der Waals surface area contributed by atoms with Crippen LogP contribution in [-0.2, 0) is 4.74 Å². The zero-order valence-electron chi connectivity index (χ0n) is 14.8. The second-order valence-corrected chi connectivity index (χ2v) is 6.11. The Balaban J connectivity index is 2.31. The number of nitrogens with zero attached hydrogens (tertiary/aromatic N) is 3. The van der Waals surface area contributed by atoms with Crippen LogP contribution in [0.25, 0.3) is 0 Å². The van der Waals surface area contributed by atoms with Crippen molar-refractivity contribution in [1.82, 2.24) is 0 Å². The van der Waals surface area contributed by atoms with Crippen molar-refractivity contribution in [2.75, 3.05) is 12.5 Å². The van der Waals surface area contributed by atoms with Crippen molar-refractivity contribution in [3.05, 3.63) is 50.1 Å². The molecule has 0 aromatic heterocycles. The van der Waals surface area contributed by atoms with Gasteiger partial charge in [-0.1, -0.05) is 6.08 Å². The minimum absolute atomic E-state index is 0.0507. The number of benzene rings is 1. The first-order valence-electron chi connectivity index (χ1n) is 8.40. The lowest BCUT2D eigenvalue weighted by Gasteiger charge is -2.18. The first kappa shape index (κ1) is 19.5. The van der Waals surface area contributed by atoms with Crippen molar-refractivity contribution in [3.63, 3.8) is 0 Å². The van der Waals surface area contributed by atoms with Crippen LogP contribution in [0.15, 0.2) is 34.9 Å². The van der Waals surface area contributed by atoms with Crippen molar-refractivity contribution in [3.8, 4) is 0 Å². The summed E-state index contributed by atoms with van der Waals surface area (Å²) in [6.45, 7) is 1.92. The van der Waals surface area contributed by atoms with E-state index >= 15 is 0 Å². The lowest BCUT2D eigenvalue weighted by Crippen LogP contribution is -2.17. The van der Waals surface area contributed by atoms with E-state index in [1.807, 2.05) is 6.92 Å². The van der Waals surface area contributed by atoms with Gasteiger partial charge in [-0.2, -0.15) is 5.10 Å². The standard InChI is InChI=1S/C17H22N4O5/c1-12(26-2)10-16(13-6-4-3-5-7-13)19-18-15-9-8-14(20(22)23)11-17(15)21(24)25/h6,8-9,11-12,18H,3-5,7,10H2,1-2H3/b19-16+. The molecule has 1 aromatic carbocycles.